The third-order valence-corrected chi connectivity index (χ3v) is 2.02. The van der Waals surface area contributed by atoms with Gasteiger partial charge in [0.05, 0.1) is 7.82 Å². The second-order valence-corrected chi connectivity index (χ2v) is 4.00. The lowest BCUT2D eigenvalue weighted by Crippen LogP contribution is -2.44. The van der Waals surface area contributed by atoms with Crippen molar-refractivity contribution in [2.24, 2.45) is 0 Å². The Hall–Kier alpha value is -0.410. The molecule has 0 fully saturated rings. The van der Waals surface area contributed by atoms with E-state index >= 15 is 0 Å². The van der Waals surface area contributed by atoms with Crippen LogP contribution in [-0.4, -0.2) is 52.7 Å². The maximum absolute atomic E-state index is 11.8. The molecule has 0 aliphatic carbocycles. The van der Waals surface area contributed by atoms with Gasteiger partial charge in [0.25, 0.3) is 0 Å². The summed E-state index contributed by atoms with van der Waals surface area (Å²) < 4.78 is 25.3. The lowest BCUT2D eigenvalue weighted by Gasteiger charge is -2.29. The summed E-state index contributed by atoms with van der Waals surface area (Å²) in [6, 6.07) is 0. The molecule has 0 aliphatic heterocycles. The predicted octanol–water partition coefficient (Wildman–Crippen LogP) is -3.55. The van der Waals surface area contributed by atoms with E-state index in [0.29, 0.717) is 0 Å². The smallest absolute Gasteiger partial charge is 0.189 e. The van der Waals surface area contributed by atoms with Crippen LogP contribution in [0.5, 0.6) is 0 Å². The molecule has 0 aliphatic rings. The lowest BCUT2D eigenvalue weighted by atomic mass is 10.1. The Morgan fingerprint density at radius 1 is 1.38 bits per heavy atom. The zero-order valence-electron chi connectivity index (χ0n) is 7.85. The van der Waals surface area contributed by atoms with E-state index < -0.39 is 45.2 Å². The van der Waals surface area contributed by atoms with Crippen LogP contribution in [0.25, 0.3) is 0 Å². The van der Waals surface area contributed by atoms with Crippen LogP contribution in [-0.2, 0) is 13.9 Å². The summed E-state index contributed by atoms with van der Waals surface area (Å²) in [5, 5.41) is 26.6. The van der Waals surface area contributed by atoms with Crippen LogP contribution in [0.2, 0.25) is 0 Å². The molecule has 3 atom stereocenters. The number of Topliss-reactive ketones (excluding diaryl/α,β-unsaturated/α-hetero) is 1. The van der Waals surface area contributed by atoms with E-state index in [1.54, 1.807) is 0 Å². The van der Waals surface area contributed by atoms with Gasteiger partial charge in [-0.3, -0.25) is 4.79 Å². The van der Waals surface area contributed by atoms with Crippen molar-refractivity contribution in [2.45, 2.75) is 18.3 Å². The van der Waals surface area contributed by atoms with Gasteiger partial charge in [0.15, 0.2) is 5.78 Å². The van der Waals surface area contributed by atoms with Gasteiger partial charge in [0.2, 0.25) is 0 Å². The first-order valence-corrected chi connectivity index (χ1v) is 5.44. The number of aliphatic hydroxyl groups excluding tert-OH is 3. The quantitative estimate of drug-likeness (QED) is 0.398. The number of alkyl halides is 1. The number of rotatable bonds is 7. The summed E-state index contributed by atoms with van der Waals surface area (Å²) in [7, 11) is -5.37. The molecule has 1 unspecified atom stereocenters. The summed E-state index contributed by atoms with van der Waals surface area (Å²) in [5.41, 5.74) is 0. The highest BCUT2D eigenvalue weighted by Gasteiger charge is 2.30. The fourth-order valence-electron chi connectivity index (χ4n) is 0.720. The van der Waals surface area contributed by atoms with E-state index in [9.17, 15) is 23.5 Å². The van der Waals surface area contributed by atoms with Crippen LogP contribution in [0.15, 0.2) is 0 Å². The molecule has 0 spiro atoms. The van der Waals surface area contributed by atoms with Crippen LogP contribution in [0, 0.1) is 0 Å². The Bertz CT molecular complexity index is 278. The molecule has 8 nitrogen and oxygen atoms in total. The van der Waals surface area contributed by atoms with Crippen LogP contribution in [0.1, 0.15) is 0 Å². The molecular weight excluding hydrogens is 250 g/mol. The Morgan fingerprint density at radius 2 is 1.88 bits per heavy atom. The summed E-state index contributed by atoms with van der Waals surface area (Å²) in [6.07, 6.45) is -6.36. The monoisotopic (exact) mass is 260 g/mol. The molecular formula is C6H10FO8P-2. The van der Waals surface area contributed by atoms with Crippen LogP contribution in [0.4, 0.5) is 4.39 Å². The summed E-state index contributed by atoms with van der Waals surface area (Å²) in [5.74, 6) is -1.37. The van der Waals surface area contributed by atoms with Gasteiger partial charge in [-0.05, 0) is 0 Å². The predicted molar refractivity (Wildman–Crippen MR) is 42.6 cm³/mol. The molecule has 16 heavy (non-hydrogen) atoms. The molecule has 0 bridgehead atoms. The Balaban J connectivity index is 4.23. The second kappa shape index (κ2) is 6.36. The molecule has 0 radical (unpaired) electrons. The maximum Gasteiger partial charge on any atom is 0.189 e. The van der Waals surface area contributed by atoms with Crippen molar-refractivity contribution in [3.05, 3.63) is 0 Å². The number of carbonyl (C=O) groups excluding carboxylic acids is 1. The second-order valence-electron chi connectivity index (χ2n) is 2.84. The fourth-order valence-corrected chi connectivity index (χ4v) is 1.01. The van der Waals surface area contributed by atoms with Crippen molar-refractivity contribution in [2.75, 3.05) is 13.3 Å². The van der Waals surface area contributed by atoms with Gasteiger partial charge in [-0.2, -0.15) is 0 Å². The van der Waals surface area contributed by atoms with Gasteiger partial charge in [0.1, 0.15) is 31.6 Å². The van der Waals surface area contributed by atoms with Crippen LogP contribution in [0.3, 0.4) is 0 Å². The van der Waals surface area contributed by atoms with Crippen molar-refractivity contribution in [1.82, 2.24) is 0 Å². The zero-order chi connectivity index (χ0) is 12.9. The molecule has 0 saturated carbocycles. The first kappa shape index (κ1) is 15.6. The number of aliphatic hydroxyl groups is 3. The molecule has 0 aromatic rings. The highest BCUT2D eigenvalue weighted by molar-refractivity contribution is 7.43. The third-order valence-electron chi connectivity index (χ3n) is 1.57. The minimum Gasteiger partial charge on any atom is -0.790 e. The van der Waals surface area contributed by atoms with E-state index in [2.05, 4.69) is 4.52 Å². The Labute approximate surface area is 89.5 Å². The molecule has 0 aromatic heterocycles. The zero-order valence-corrected chi connectivity index (χ0v) is 8.75. The van der Waals surface area contributed by atoms with E-state index in [1.807, 2.05) is 0 Å². The molecule has 3 N–H and O–H groups in total. The first-order chi connectivity index (χ1) is 7.19. The number of halogens is 1. The topological polar surface area (TPSA) is 150 Å². The highest BCUT2D eigenvalue weighted by Crippen LogP contribution is 2.24. The van der Waals surface area contributed by atoms with E-state index in [1.165, 1.54) is 0 Å². The lowest BCUT2D eigenvalue weighted by molar-refractivity contribution is -0.341. The van der Waals surface area contributed by atoms with Gasteiger partial charge >= 0.3 is 0 Å². The number of phosphoric acid groups is 1. The molecule has 0 amide bonds. The van der Waals surface area contributed by atoms with Gasteiger partial charge in [-0.25, -0.2) is 4.39 Å². The van der Waals surface area contributed by atoms with Crippen molar-refractivity contribution >= 4 is 13.6 Å². The normalized spacial score (nSPS) is 17.9. The molecule has 96 valence electrons. The molecule has 0 heterocycles. The standard InChI is InChI=1S/C6H12FO8P/c7-1-3(8)5(10)6(11)4(9)2-15-16(12,13)14/h3,5-6,8,10-11H,1-2H2,(H2,12,13,14)/p-2/t3?,5-,6+/m1/s1. The fraction of sp³-hybridized carbons (Fsp3) is 0.833. The average Bonchev–Trinajstić information content (AvgIpc) is 2.21. The number of hydrogen-bond acceptors (Lipinski definition) is 8. The van der Waals surface area contributed by atoms with E-state index in [4.69, 9.17) is 15.3 Å². The third kappa shape index (κ3) is 5.61. The van der Waals surface area contributed by atoms with Crippen LogP contribution < -0.4 is 9.79 Å². The van der Waals surface area contributed by atoms with Crippen molar-refractivity contribution < 1.29 is 43.4 Å². The molecule has 10 heteroatoms. The summed E-state index contributed by atoms with van der Waals surface area (Å²) in [4.78, 5) is 30.8. The molecule has 0 rings (SSSR count). The van der Waals surface area contributed by atoms with E-state index in [0.717, 1.165) is 0 Å². The summed E-state index contributed by atoms with van der Waals surface area (Å²) >= 11 is 0. The van der Waals surface area contributed by atoms with E-state index in [-0.39, 0.29) is 0 Å². The summed E-state index contributed by atoms with van der Waals surface area (Å²) in [6.45, 7) is -2.70. The average molecular weight is 260 g/mol. The van der Waals surface area contributed by atoms with Crippen molar-refractivity contribution in [3.8, 4) is 0 Å². The number of ketones is 1. The molecule has 0 aromatic carbocycles. The van der Waals surface area contributed by atoms with Gasteiger partial charge in [-0.1, -0.05) is 0 Å². The van der Waals surface area contributed by atoms with Crippen molar-refractivity contribution in [3.63, 3.8) is 0 Å². The Kier molecular flexibility index (Phi) is 6.19. The largest absolute Gasteiger partial charge is 0.790 e. The van der Waals surface area contributed by atoms with Gasteiger partial charge < -0.3 is 34.2 Å². The number of carbonyl (C=O) groups is 1. The van der Waals surface area contributed by atoms with Gasteiger partial charge in [0, 0.05) is 0 Å². The minimum absolute atomic E-state index is 1.29. The minimum atomic E-state index is -5.37. The Morgan fingerprint density at radius 3 is 2.25 bits per heavy atom. The SMILES string of the molecule is O=C(COP(=O)([O-])[O-])[C@H](O)[C@H](O)C(O)CF. The van der Waals surface area contributed by atoms with Crippen molar-refractivity contribution in [1.29, 1.82) is 0 Å². The number of hydrogen-bond donors (Lipinski definition) is 3. The maximum atomic E-state index is 11.8. The molecule has 0 saturated heterocycles. The number of phosphoric ester groups is 1. The first-order valence-electron chi connectivity index (χ1n) is 3.98. The van der Waals surface area contributed by atoms with Gasteiger partial charge in [-0.15, -0.1) is 0 Å². The van der Waals surface area contributed by atoms with Crippen LogP contribution >= 0.6 is 7.82 Å². The highest BCUT2D eigenvalue weighted by atomic mass is 31.2.